The van der Waals surface area contributed by atoms with E-state index in [1.165, 1.54) is 15.2 Å². The van der Waals surface area contributed by atoms with Gasteiger partial charge >= 0.3 is 24.7 Å². The predicted molar refractivity (Wildman–Crippen MR) is 191 cm³/mol. The minimum atomic E-state index is -5.12. The number of halogens is 13. The normalized spacial score (nSPS) is 12.8. The van der Waals surface area contributed by atoms with Gasteiger partial charge in [0.15, 0.2) is 5.69 Å². The molecule has 296 valence electrons. The van der Waals surface area contributed by atoms with Crippen molar-refractivity contribution in [2.24, 2.45) is 0 Å². The molecule has 4 nitrogen and oxygen atoms in total. The molecule has 0 spiro atoms. The number of nitriles is 1. The van der Waals surface area contributed by atoms with Crippen LogP contribution in [0.4, 0.5) is 62.8 Å². The Hall–Kier alpha value is -7.01. The lowest BCUT2D eigenvalue weighted by Crippen LogP contribution is -2.09. The van der Waals surface area contributed by atoms with Crippen LogP contribution in [-0.2, 0) is 24.7 Å². The van der Waals surface area contributed by atoms with Gasteiger partial charge in [-0.25, -0.2) is 9.24 Å². The van der Waals surface area contributed by atoms with Crippen LogP contribution in [0.2, 0.25) is 0 Å². The topological polar surface area (TPSA) is 38.0 Å². The highest BCUT2D eigenvalue weighted by molar-refractivity contribution is 6.12. The number of benzene rings is 6. The number of nitrogens with zero attached hydrogens (tertiary/aromatic N) is 4. The highest BCUT2D eigenvalue weighted by Gasteiger charge is 2.37. The Morgan fingerprint density at radius 2 is 0.898 bits per heavy atom. The van der Waals surface area contributed by atoms with Gasteiger partial charge in [0.2, 0.25) is 0 Å². The molecule has 0 N–H and O–H groups in total. The van der Waals surface area contributed by atoms with Crippen molar-refractivity contribution in [1.29, 1.82) is 5.26 Å². The Bertz CT molecular complexity index is 3070. The first kappa shape index (κ1) is 38.8. The second kappa shape index (κ2) is 13.0. The predicted octanol–water partition coefficient (Wildman–Crippen LogP) is 14.2. The first-order chi connectivity index (χ1) is 27.6. The third-order valence-electron chi connectivity index (χ3n) is 9.91. The maximum absolute atomic E-state index is 14.8. The van der Waals surface area contributed by atoms with Crippen molar-refractivity contribution in [2.75, 3.05) is 0 Å². The van der Waals surface area contributed by atoms with Crippen molar-refractivity contribution in [3.05, 3.63) is 148 Å². The summed E-state index contributed by atoms with van der Waals surface area (Å²) in [7, 11) is 0. The van der Waals surface area contributed by atoms with Gasteiger partial charge in [0, 0.05) is 21.5 Å². The molecule has 0 unspecified atom stereocenters. The van der Waals surface area contributed by atoms with E-state index in [0.29, 0.717) is 36.4 Å². The zero-order chi connectivity index (χ0) is 42.6. The van der Waals surface area contributed by atoms with Gasteiger partial charge < -0.3 is 9.13 Å². The summed E-state index contributed by atoms with van der Waals surface area (Å²) in [6, 6.07) is 16.2. The molecule has 2 aromatic heterocycles. The maximum Gasteiger partial charge on any atom is 0.417 e. The third-order valence-corrected chi connectivity index (χ3v) is 9.91. The second-order valence-corrected chi connectivity index (χ2v) is 13.4. The molecule has 0 saturated heterocycles. The maximum atomic E-state index is 14.8. The van der Waals surface area contributed by atoms with Crippen molar-refractivity contribution in [1.82, 2.24) is 9.13 Å². The minimum Gasteiger partial charge on any atom is -0.308 e. The fourth-order valence-electron chi connectivity index (χ4n) is 7.38. The van der Waals surface area contributed by atoms with Crippen LogP contribution in [0.5, 0.6) is 0 Å². The van der Waals surface area contributed by atoms with Gasteiger partial charge in [-0.3, -0.25) is 0 Å². The van der Waals surface area contributed by atoms with E-state index in [1.54, 1.807) is 6.07 Å². The highest BCUT2D eigenvalue weighted by Crippen LogP contribution is 2.48. The first-order valence-electron chi connectivity index (χ1n) is 16.8. The molecule has 0 atom stereocenters. The van der Waals surface area contributed by atoms with E-state index in [4.69, 9.17) is 6.57 Å². The summed E-state index contributed by atoms with van der Waals surface area (Å²) >= 11 is 0. The van der Waals surface area contributed by atoms with Crippen LogP contribution in [0.1, 0.15) is 27.8 Å². The van der Waals surface area contributed by atoms with E-state index < -0.39 is 75.2 Å². The largest absolute Gasteiger partial charge is 0.417 e. The van der Waals surface area contributed by atoms with Crippen LogP contribution in [0.15, 0.2) is 103 Å². The van der Waals surface area contributed by atoms with Gasteiger partial charge in [0.1, 0.15) is 5.82 Å². The average Bonchev–Trinajstić information content (AvgIpc) is 3.67. The second-order valence-electron chi connectivity index (χ2n) is 13.4. The molecule has 0 amide bonds. The molecule has 0 saturated carbocycles. The molecule has 0 aliphatic heterocycles. The van der Waals surface area contributed by atoms with Crippen LogP contribution < -0.4 is 0 Å². The summed E-state index contributed by atoms with van der Waals surface area (Å²) in [5.41, 5.74) is -7.78. The zero-order valence-electron chi connectivity index (χ0n) is 29.0. The Balaban J connectivity index is 1.59. The summed E-state index contributed by atoms with van der Waals surface area (Å²) in [6.45, 7) is 8.07. The summed E-state index contributed by atoms with van der Waals surface area (Å²) in [5, 5.41) is 8.43. The molecule has 0 bridgehead atoms. The van der Waals surface area contributed by atoms with Crippen molar-refractivity contribution in [2.45, 2.75) is 24.7 Å². The lowest BCUT2D eigenvalue weighted by Gasteiger charge is -2.21. The van der Waals surface area contributed by atoms with Crippen LogP contribution in [0, 0.1) is 23.7 Å². The highest BCUT2D eigenvalue weighted by atomic mass is 19.4. The van der Waals surface area contributed by atoms with Gasteiger partial charge in [-0.2, -0.15) is 57.9 Å². The monoisotopic (exact) mass is 824 g/mol. The number of aromatic nitrogens is 2. The van der Waals surface area contributed by atoms with Crippen molar-refractivity contribution < 1.29 is 57.1 Å². The summed E-state index contributed by atoms with van der Waals surface area (Å²) in [4.78, 5) is 3.46. The number of alkyl halides is 12. The molecule has 59 heavy (non-hydrogen) atoms. The van der Waals surface area contributed by atoms with Crippen molar-refractivity contribution >= 4 is 49.3 Å². The molecule has 8 aromatic rings. The van der Waals surface area contributed by atoms with Crippen LogP contribution in [0.25, 0.3) is 71.0 Å². The lowest BCUT2D eigenvalue weighted by molar-refractivity contribution is -0.138. The smallest absolute Gasteiger partial charge is 0.308 e. The Morgan fingerprint density at radius 1 is 0.475 bits per heavy atom. The minimum absolute atomic E-state index is 0.0134. The van der Waals surface area contributed by atoms with Crippen molar-refractivity contribution in [3.63, 3.8) is 0 Å². The van der Waals surface area contributed by atoms with Gasteiger partial charge in [-0.1, -0.05) is 6.07 Å². The molecule has 0 aliphatic rings. The molecule has 8 rings (SSSR count). The van der Waals surface area contributed by atoms with Crippen molar-refractivity contribution in [3.8, 4) is 28.6 Å². The lowest BCUT2D eigenvalue weighted by atomic mass is 9.95. The molecule has 0 aliphatic carbocycles. The van der Waals surface area contributed by atoms with Crippen LogP contribution in [-0.4, -0.2) is 9.13 Å². The summed E-state index contributed by atoms with van der Waals surface area (Å²) in [5.74, 6) is -0.866. The number of rotatable bonds is 3. The van der Waals surface area contributed by atoms with Crippen LogP contribution >= 0.6 is 0 Å². The number of fused-ring (bicyclic) bond motifs is 6. The average molecular weight is 825 g/mol. The van der Waals surface area contributed by atoms with Gasteiger partial charge in [-0.15, -0.1) is 0 Å². The molecule has 2 heterocycles. The number of hydrogen-bond donors (Lipinski definition) is 0. The van der Waals surface area contributed by atoms with Gasteiger partial charge in [0.05, 0.1) is 73.9 Å². The number of hydrogen-bond acceptors (Lipinski definition) is 1. The molecular weight excluding hydrogens is 807 g/mol. The van der Waals surface area contributed by atoms with Gasteiger partial charge in [0.25, 0.3) is 0 Å². The molecule has 0 fully saturated rings. The van der Waals surface area contributed by atoms with E-state index in [1.807, 2.05) is 0 Å². The first-order valence-corrected chi connectivity index (χ1v) is 16.8. The van der Waals surface area contributed by atoms with E-state index in [2.05, 4.69) is 4.85 Å². The quantitative estimate of drug-likeness (QED) is 0.129. The Morgan fingerprint density at radius 3 is 1.31 bits per heavy atom. The van der Waals surface area contributed by atoms with E-state index in [9.17, 15) is 62.3 Å². The SMILES string of the molecule is [C-]#[N+]c1cc(-n2c3ccc(F)cc3c3cc(C(F)(F)F)ccc32)c(-n2c3ccc(C(F)(F)F)cc3c3cc(C(F)(F)F)ccc32)cc1-c1ccc(C#N)cc1C(F)(F)F. The fraction of sp³-hybridized carbons (Fsp3) is 0.0952. The molecular formula is C42H17F13N4. The summed E-state index contributed by atoms with van der Waals surface area (Å²) < 4.78 is 188. The van der Waals surface area contributed by atoms with Gasteiger partial charge in [-0.05, 0) is 108 Å². The van der Waals surface area contributed by atoms with E-state index in [-0.39, 0.29) is 55.0 Å². The Labute approximate surface area is 322 Å². The van der Waals surface area contributed by atoms with Crippen LogP contribution in [0.3, 0.4) is 0 Å². The molecule has 0 radical (unpaired) electrons. The standard InChI is InChI=1S/C42H17F13N4/c1-57-32-18-38(59-35-10-5-23(41(50,51)52)15-29(35)30-16-24(43)6-11-36(30)59)37(17-26(32)25-7-2-20(19-56)12-31(25)42(53,54)55)58-33-8-3-21(39(44,45)46)13-27(33)28-14-22(40(47,48)49)4-9-34(28)58/h2-18H. The van der Waals surface area contributed by atoms with E-state index >= 15 is 0 Å². The van der Waals surface area contributed by atoms with E-state index in [0.717, 1.165) is 60.7 Å². The molecule has 17 heteroatoms. The summed E-state index contributed by atoms with van der Waals surface area (Å²) in [6.07, 6.45) is -19.9. The zero-order valence-corrected chi connectivity index (χ0v) is 29.0. The fourth-order valence-corrected chi connectivity index (χ4v) is 7.38. The Kier molecular flexibility index (Phi) is 8.56. The third kappa shape index (κ3) is 6.43. The molecule has 6 aromatic carbocycles.